The van der Waals surface area contributed by atoms with E-state index in [4.69, 9.17) is 0 Å². The summed E-state index contributed by atoms with van der Waals surface area (Å²) < 4.78 is 0. The first kappa shape index (κ1) is 22.7. The summed E-state index contributed by atoms with van der Waals surface area (Å²) in [5.41, 5.74) is 3.88. The third kappa shape index (κ3) is 4.53. The Morgan fingerprint density at radius 2 is 1.52 bits per heavy atom. The number of rotatable bonds is 6. The number of aryl methyl sites for hydroxylation is 2. The van der Waals surface area contributed by atoms with Crippen molar-refractivity contribution >= 4 is 17.5 Å². The van der Waals surface area contributed by atoms with Gasteiger partial charge in [0.05, 0.1) is 6.04 Å². The first-order valence-corrected chi connectivity index (χ1v) is 11.0. The minimum Gasteiger partial charge on any atom is -0.386 e. The molecule has 3 N–H and O–H groups in total. The van der Waals surface area contributed by atoms with Crippen LogP contribution in [0, 0.1) is 13.8 Å². The minimum atomic E-state index is -1.36. The maximum atomic E-state index is 13.1. The van der Waals surface area contributed by atoms with Crippen LogP contribution >= 0.6 is 0 Å². The second-order valence-electron chi connectivity index (χ2n) is 8.51. The van der Waals surface area contributed by atoms with Gasteiger partial charge < -0.3 is 20.4 Å². The molecule has 1 saturated heterocycles. The highest BCUT2D eigenvalue weighted by Crippen LogP contribution is 2.41. The number of benzene rings is 3. The van der Waals surface area contributed by atoms with Gasteiger partial charge in [-0.25, -0.2) is 0 Å². The van der Waals surface area contributed by atoms with Crippen LogP contribution in [0.4, 0.5) is 5.69 Å². The van der Waals surface area contributed by atoms with Gasteiger partial charge in [0.25, 0.3) is 5.91 Å². The second-order valence-corrected chi connectivity index (χ2v) is 8.51. The highest BCUT2D eigenvalue weighted by molar-refractivity contribution is 5.97. The summed E-state index contributed by atoms with van der Waals surface area (Å²) in [5.74, 6) is -1.63. The van der Waals surface area contributed by atoms with Crippen molar-refractivity contribution < 1.29 is 19.8 Å². The molecule has 0 radical (unpaired) electrons. The quantitative estimate of drug-likeness (QED) is 0.544. The van der Waals surface area contributed by atoms with Crippen LogP contribution in [0.25, 0.3) is 0 Å². The van der Waals surface area contributed by atoms with Gasteiger partial charge in [0, 0.05) is 11.6 Å². The average molecular weight is 445 g/mol. The largest absolute Gasteiger partial charge is 0.386 e. The molecule has 1 fully saturated rings. The molecule has 4 rings (SSSR count). The molecule has 4 atom stereocenters. The Bertz CT molecular complexity index is 1110. The molecule has 0 unspecified atom stereocenters. The number of nitrogens with one attached hydrogen (secondary N) is 1. The van der Waals surface area contributed by atoms with Crippen LogP contribution in [0.15, 0.2) is 78.9 Å². The van der Waals surface area contributed by atoms with Crippen molar-refractivity contribution in [3.8, 4) is 0 Å². The number of aliphatic hydroxyl groups is 2. The monoisotopic (exact) mass is 444 g/mol. The van der Waals surface area contributed by atoms with E-state index >= 15 is 0 Å². The van der Waals surface area contributed by atoms with Crippen molar-refractivity contribution in [1.82, 2.24) is 4.90 Å². The lowest BCUT2D eigenvalue weighted by atomic mass is 9.85. The van der Waals surface area contributed by atoms with Gasteiger partial charge in [0.15, 0.2) is 0 Å². The van der Waals surface area contributed by atoms with Crippen molar-refractivity contribution in [1.29, 1.82) is 0 Å². The number of hydrogen-bond donors (Lipinski definition) is 3. The lowest BCUT2D eigenvalue weighted by molar-refractivity contribution is -0.139. The third-order valence-electron chi connectivity index (χ3n) is 6.31. The molecular weight excluding hydrogens is 416 g/mol. The van der Waals surface area contributed by atoms with E-state index in [1.54, 1.807) is 24.3 Å². The van der Waals surface area contributed by atoms with E-state index in [-0.39, 0.29) is 12.5 Å². The maximum Gasteiger partial charge on any atom is 0.252 e. The molecule has 0 saturated carbocycles. The minimum absolute atomic E-state index is 0.276. The standard InChI is InChI=1S/C27H28N2O4/c1-17-10-9-11-18(2)23(17)28-21(30)16-29-24(25(31)20-14-7-4-8-15-20)22(26(32)27(29)33)19-12-5-3-6-13-19/h3-15,22,24-26,31-32H,16H2,1-2H3,(H,28,30)/t22-,24-,25+,26+/m1/s1. The van der Waals surface area contributed by atoms with Gasteiger partial charge in [-0.1, -0.05) is 78.9 Å². The molecular formula is C27H28N2O4. The van der Waals surface area contributed by atoms with Crippen LogP contribution in [0.5, 0.6) is 0 Å². The highest BCUT2D eigenvalue weighted by atomic mass is 16.3. The average Bonchev–Trinajstić information content (AvgIpc) is 3.07. The maximum absolute atomic E-state index is 13.1. The van der Waals surface area contributed by atoms with Gasteiger partial charge >= 0.3 is 0 Å². The lowest BCUT2D eigenvalue weighted by Crippen LogP contribution is -2.44. The molecule has 6 heteroatoms. The topological polar surface area (TPSA) is 89.9 Å². The van der Waals surface area contributed by atoms with Gasteiger partial charge in [-0.05, 0) is 36.1 Å². The molecule has 1 aliphatic heterocycles. The van der Waals surface area contributed by atoms with Crippen molar-refractivity contribution in [3.05, 3.63) is 101 Å². The van der Waals surface area contributed by atoms with Crippen molar-refractivity contribution in [2.45, 2.75) is 38.0 Å². The highest BCUT2D eigenvalue weighted by Gasteiger charge is 2.51. The van der Waals surface area contributed by atoms with Gasteiger partial charge in [-0.15, -0.1) is 0 Å². The number of amides is 2. The molecule has 2 amide bonds. The van der Waals surface area contributed by atoms with E-state index in [1.165, 1.54) is 4.90 Å². The van der Waals surface area contributed by atoms with Crippen LogP contribution in [0.2, 0.25) is 0 Å². The Labute approximate surface area is 193 Å². The zero-order valence-corrected chi connectivity index (χ0v) is 18.7. The molecule has 0 aromatic heterocycles. The Morgan fingerprint density at radius 3 is 2.12 bits per heavy atom. The fraction of sp³-hybridized carbons (Fsp3) is 0.259. The predicted octanol–water partition coefficient (Wildman–Crippen LogP) is 3.33. The van der Waals surface area contributed by atoms with E-state index in [0.29, 0.717) is 11.3 Å². The molecule has 3 aromatic rings. The van der Waals surface area contributed by atoms with Crippen molar-refractivity contribution in [2.24, 2.45) is 0 Å². The molecule has 0 bridgehead atoms. The molecule has 1 aliphatic rings. The summed E-state index contributed by atoms with van der Waals surface area (Å²) in [4.78, 5) is 27.5. The van der Waals surface area contributed by atoms with Crippen LogP contribution in [-0.2, 0) is 9.59 Å². The van der Waals surface area contributed by atoms with Crippen LogP contribution in [0.3, 0.4) is 0 Å². The first-order valence-electron chi connectivity index (χ1n) is 11.0. The molecule has 0 aliphatic carbocycles. The first-order chi connectivity index (χ1) is 15.9. The third-order valence-corrected chi connectivity index (χ3v) is 6.31. The SMILES string of the molecule is Cc1cccc(C)c1NC(=O)CN1C(=O)[C@@H](O)[C@H](c2ccccc2)[C@@H]1[C@@H](O)c1ccccc1. The van der Waals surface area contributed by atoms with Crippen molar-refractivity contribution in [2.75, 3.05) is 11.9 Å². The van der Waals surface area contributed by atoms with Crippen LogP contribution in [0.1, 0.15) is 34.3 Å². The molecule has 1 heterocycles. The fourth-order valence-electron chi connectivity index (χ4n) is 4.65. The Hall–Kier alpha value is -3.48. The van der Waals surface area contributed by atoms with E-state index in [2.05, 4.69) is 5.32 Å². The number of nitrogens with zero attached hydrogens (tertiary/aromatic N) is 1. The summed E-state index contributed by atoms with van der Waals surface area (Å²) in [7, 11) is 0. The Morgan fingerprint density at radius 1 is 0.939 bits per heavy atom. The van der Waals surface area contributed by atoms with E-state index < -0.39 is 30.1 Å². The number of hydrogen-bond acceptors (Lipinski definition) is 4. The Balaban J connectivity index is 1.67. The summed E-state index contributed by atoms with van der Waals surface area (Å²) in [5, 5.41) is 25.1. The van der Waals surface area contributed by atoms with E-state index in [1.807, 2.05) is 68.4 Å². The number of carbonyl (C=O) groups is 2. The number of likely N-dealkylation sites (tertiary alicyclic amines) is 1. The zero-order valence-electron chi connectivity index (χ0n) is 18.7. The normalized spacial score (nSPS) is 21.2. The summed E-state index contributed by atoms with van der Waals surface area (Å²) in [6.45, 7) is 3.53. The van der Waals surface area contributed by atoms with Gasteiger partial charge in [-0.2, -0.15) is 0 Å². The summed E-state index contributed by atoms with van der Waals surface area (Å²) in [6.07, 6.45) is -2.44. The number of anilines is 1. The number of aliphatic hydroxyl groups excluding tert-OH is 2. The molecule has 170 valence electrons. The molecule has 6 nitrogen and oxygen atoms in total. The van der Waals surface area contributed by atoms with Crippen LogP contribution in [-0.4, -0.2) is 45.6 Å². The molecule has 3 aromatic carbocycles. The van der Waals surface area contributed by atoms with E-state index in [0.717, 1.165) is 16.7 Å². The zero-order chi connectivity index (χ0) is 23.5. The smallest absolute Gasteiger partial charge is 0.252 e. The molecule has 0 spiro atoms. The number of carbonyl (C=O) groups excluding carboxylic acids is 2. The fourth-order valence-corrected chi connectivity index (χ4v) is 4.65. The van der Waals surface area contributed by atoms with Gasteiger partial charge in [0.1, 0.15) is 18.8 Å². The molecule has 33 heavy (non-hydrogen) atoms. The second kappa shape index (κ2) is 9.57. The number of para-hydroxylation sites is 1. The summed E-state index contributed by atoms with van der Waals surface area (Å²) in [6, 6.07) is 23.1. The van der Waals surface area contributed by atoms with Gasteiger partial charge in [0.2, 0.25) is 5.91 Å². The summed E-state index contributed by atoms with van der Waals surface area (Å²) >= 11 is 0. The van der Waals surface area contributed by atoms with Crippen LogP contribution < -0.4 is 5.32 Å². The van der Waals surface area contributed by atoms with E-state index in [9.17, 15) is 19.8 Å². The van der Waals surface area contributed by atoms with Gasteiger partial charge in [-0.3, -0.25) is 9.59 Å². The Kier molecular flexibility index (Phi) is 6.58. The predicted molar refractivity (Wildman–Crippen MR) is 127 cm³/mol. The lowest BCUT2D eigenvalue weighted by Gasteiger charge is -2.32. The van der Waals surface area contributed by atoms with Crippen molar-refractivity contribution in [3.63, 3.8) is 0 Å².